The van der Waals surface area contributed by atoms with Crippen molar-refractivity contribution in [2.24, 2.45) is 0 Å². The second kappa shape index (κ2) is 7.75. The number of thioether (sulfide) groups is 1. The van der Waals surface area contributed by atoms with Gasteiger partial charge in [-0.15, -0.1) is 11.8 Å². The Bertz CT molecular complexity index is 527. The van der Waals surface area contributed by atoms with Crippen LogP contribution in [0.1, 0.15) is 13.3 Å². The van der Waals surface area contributed by atoms with Crippen molar-refractivity contribution in [2.45, 2.75) is 18.2 Å². The SMILES string of the molecule is CCN(C(=O)CCSc1ccccc1)c1ccccc1. The minimum Gasteiger partial charge on any atom is -0.313 e. The molecular formula is C17H19NOS. The molecule has 0 atom stereocenters. The highest BCUT2D eigenvalue weighted by Gasteiger charge is 2.12. The second-order valence-corrected chi connectivity index (χ2v) is 5.55. The molecule has 2 rings (SSSR count). The molecular weight excluding hydrogens is 266 g/mol. The summed E-state index contributed by atoms with van der Waals surface area (Å²) >= 11 is 1.72. The summed E-state index contributed by atoms with van der Waals surface area (Å²) in [6, 6.07) is 20.0. The largest absolute Gasteiger partial charge is 0.313 e. The summed E-state index contributed by atoms with van der Waals surface area (Å²) in [5.74, 6) is 0.994. The lowest BCUT2D eigenvalue weighted by Gasteiger charge is -2.20. The van der Waals surface area contributed by atoms with E-state index < -0.39 is 0 Å². The number of amides is 1. The Morgan fingerprint density at radius 1 is 1.00 bits per heavy atom. The average Bonchev–Trinajstić information content (AvgIpc) is 2.50. The molecule has 0 saturated heterocycles. The van der Waals surface area contributed by atoms with Crippen molar-refractivity contribution in [3.8, 4) is 0 Å². The summed E-state index contributed by atoms with van der Waals surface area (Å²) in [6.07, 6.45) is 0.558. The molecule has 0 aliphatic heterocycles. The summed E-state index contributed by atoms with van der Waals surface area (Å²) in [5, 5.41) is 0. The molecule has 0 aliphatic carbocycles. The van der Waals surface area contributed by atoms with Crippen molar-refractivity contribution in [2.75, 3.05) is 17.2 Å². The number of rotatable bonds is 6. The molecule has 0 radical (unpaired) electrons. The van der Waals surface area contributed by atoms with Crippen LogP contribution < -0.4 is 4.90 Å². The van der Waals surface area contributed by atoms with Gasteiger partial charge in [-0.05, 0) is 31.2 Å². The van der Waals surface area contributed by atoms with E-state index in [9.17, 15) is 4.79 Å². The fraction of sp³-hybridized carbons (Fsp3) is 0.235. The molecule has 2 nitrogen and oxygen atoms in total. The molecule has 0 heterocycles. The molecule has 0 unspecified atom stereocenters. The molecule has 1 amide bonds. The summed E-state index contributed by atoms with van der Waals surface area (Å²) in [6.45, 7) is 2.72. The number of nitrogens with zero attached hydrogens (tertiary/aromatic N) is 1. The maximum absolute atomic E-state index is 12.3. The normalized spacial score (nSPS) is 10.2. The summed E-state index contributed by atoms with van der Waals surface area (Å²) in [7, 11) is 0. The van der Waals surface area contributed by atoms with Crippen LogP contribution in [-0.2, 0) is 4.79 Å². The van der Waals surface area contributed by atoms with Crippen molar-refractivity contribution in [3.05, 3.63) is 60.7 Å². The van der Waals surface area contributed by atoms with Gasteiger partial charge in [0.1, 0.15) is 0 Å². The summed E-state index contributed by atoms with van der Waals surface area (Å²) in [4.78, 5) is 15.3. The van der Waals surface area contributed by atoms with Gasteiger partial charge in [0, 0.05) is 29.3 Å². The first-order chi connectivity index (χ1) is 9.81. The molecule has 0 fully saturated rings. The van der Waals surface area contributed by atoms with Crippen LogP contribution in [0.25, 0.3) is 0 Å². The van der Waals surface area contributed by atoms with Gasteiger partial charge in [-0.3, -0.25) is 4.79 Å². The maximum Gasteiger partial charge on any atom is 0.227 e. The minimum absolute atomic E-state index is 0.183. The van der Waals surface area contributed by atoms with Gasteiger partial charge in [0.15, 0.2) is 0 Å². The van der Waals surface area contributed by atoms with Gasteiger partial charge in [0.25, 0.3) is 0 Å². The quantitative estimate of drug-likeness (QED) is 0.741. The lowest BCUT2D eigenvalue weighted by molar-refractivity contribution is -0.118. The molecule has 2 aromatic rings. The Morgan fingerprint density at radius 3 is 2.20 bits per heavy atom. The van der Waals surface area contributed by atoms with E-state index in [1.807, 2.05) is 60.4 Å². The first-order valence-electron chi connectivity index (χ1n) is 6.84. The zero-order valence-electron chi connectivity index (χ0n) is 11.7. The van der Waals surface area contributed by atoms with Crippen LogP contribution in [0.3, 0.4) is 0 Å². The van der Waals surface area contributed by atoms with E-state index in [-0.39, 0.29) is 5.91 Å². The van der Waals surface area contributed by atoms with Gasteiger partial charge >= 0.3 is 0 Å². The number of para-hydroxylation sites is 1. The third-order valence-corrected chi connectivity index (χ3v) is 4.03. The third kappa shape index (κ3) is 4.14. The number of hydrogen-bond acceptors (Lipinski definition) is 2. The molecule has 3 heteroatoms. The van der Waals surface area contributed by atoms with E-state index in [0.29, 0.717) is 13.0 Å². The fourth-order valence-corrected chi connectivity index (χ4v) is 2.88. The van der Waals surface area contributed by atoms with Gasteiger partial charge in [-0.2, -0.15) is 0 Å². The number of carbonyl (C=O) groups excluding carboxylic acids is 1. The standard InChI is InChI=1S/C17H19NOS/c1-2-18(15-9-5-3-6-10-15)17(19)13-14-20-16-11-7-4-8-12-16/h3-12H,2,13-14H2,1H3. The van der Waals surface area contributed by atoms with Crippen molar-refractivity contribution in [3.63, 3.8) is 0 Å². The Balaban J connectivity index is 1.87. The van der Waals surface area contributed by atoms with Crippen LogP contribution in [0, 0.1) is 0 Å². The zero-order chi connectivity index (χ0) is 14.2. The number of anilines is 1. The van der Waals surface area contributed by atoms with Crippen LogP contribution in [0.2, 0.25) is 0 Å². The predicted octanol–water partition coefficient (Wildman–Crippen LogP) is 4.22. The smallest absolute Gasteiger partial charge is 0.227 e. The third-order valence-electron chi connectivity index (χ3n) is 3.01. The predicted molar refractivity (Wildman–Crippen MR) is 86.3 cm³/mol. The average molecular weight is 285 g/mol. The molecule has 0 aliphatic rings. The van der Waals surface area contributed by atoms with E-state index in [4.69, 9.17) is 0 Å². The Labute approximate surface area is 124 Å². The van der Waals surface area contributed by atoms with Gasteiger partial charge in [-0.25, -0.2) is 0 Å². The lowest BCUT2D eigenvalue weighted by atomic mass is 10.2. The molecule has 0 saturated carbocycles. The zero-order valence-corrected chi connectivity index (χ0v) is 12.5. The van der Waals surface area contributed by atoms with Crippen molar-refractivity contribution >= 4 is 23.4 Å². The molecule has 0 N–H and O–H groups in total. The molecule has 20 heavy (non-hydrogen) atoms. The highest BCUT2D eigenvalue weighted by atomic mass is 32.2. The Kier molecular flexibility index (Phi) is 5.69. The van der Waals surface area contributed by atoms with Gasteiger partial charge in [-0.1, -0.05) is 36.4 Å². The molecule has 0 bridgehead atoms. The van der Waals surface area contributed by atoms with Gasteiger partial charge in [0.2, 0.25) is 5.91 Å². The fourth-order valence-electron chi connectivity index (χ4n) is 2.02. The van der Waals surface area contributed by atoms with Crippen LogP contribution in [-0.4, -0.2) is 18.2 Å². The lowest BCUT2D eigenvalue weighted by Crippen LogP contribution is -2.30. The van der Waals surface area contributed by atoms with Crippen molar-refractivity contribution in [1.82, 2.24) is 0 Å². The number of hydrogen-bond donors (Lipinski definition) is 0. The molecule has 0 spiro atoms. The van der Waals surface area contributed by atoms with Crippen LogP contribution >= 0.6 is 11.8 Å². The highest BCUT2D eigenvalue weighted by Crippen LogP contribution is 2.20. The first-order valence-corrected chi connectivity index (χ1v) is 7.83. The van der Waals surface area contributed by atoms with Crippen molar-refractivity contribution in [1.29, 1.82) is 0 Å². The van der Waals surface area contributed by atoms with E-state index in [1.54, 1.807) is 11.8 Å². The molecule has 0 aromatic heterocycles. The Hall–Kier alpha value is -1.74. The highest BCUT2D eigenvalue weighted by molar-refractivity contribution is 7.99. The van der Waals surface area contributed by atoms with Crippen LogP contribution in [0.4, 0.5) is 5.69 Å². The minimum atomic E-state index is 0.183. The summed E-state index contributed by atoms with van der Waals surface area (Å²) < 4.78 is 0. The molecule has 104 valence electrons. The summed E-state index contributed by atoms with van der Waals surface area (Å²) in [5.41, 5.74) is 0.977. The van der Waals surface area contributed by atoms with E-state index in [1.165, 1.54) is 4.90 Å². The van der Waals surface area contributed by atoms with E-state index in [0.717, 1.165) is 11.4 Å². The van der Waals surface area contributed by atoms with Crippen LogP contribution in [0.15, 0.2) is 65.6 Å². The monoisotopic (exact) mass is 285 g/mol. The van der Waals surface area contributed by atoms with Crippen molar-refractivity contribution < 1.29 is 4.79 Å². The molecule has 2 aromatic carbocycles. The van der Waals surface area contributed by atoms with Gasteiger partial charge in [0.05, 0.1) is 0 Å². The van der Waals surface area contributed by atoms with Gasteiger partial charge < -0.3 is 4.90 Å². The topological polar surface area (TPSA) is 20.3 Å². The van der Waals surface area contributed by atoms with E-state index >= 15 is 0 Å². The van der Waals surface area contributed by atoms with Crippen LogP contribution in [0.5, 0.6) is 0 Å². The van der Waals surface area contributed by atoms with E-state index in [2.05, 4.69) is 12.1 Å². The second-order valence-electron chi connectivity index (χ2n) is 4.39. The number of carbonyl (C=O) groups is 1. The number of benzene rings is 2. The maximum atomic E-state index is 12.3. The Morgan fingerprint density at radius 2 is 1.60 bits per heavy atom. The first kappa shape index (κ1) is 14.7.